The summed E-state index contributed by atoms with van der Waals surface area (Å²) < 4.78 is 11.5. The first-order valence-electron chi connectivity index (χ1n) is 6.17. The highest BCUT2D eigenvalue weighted by atomic mass is 16.7. The molecule has 0 spiro atoms. The molecular weight excluding hydrogens is 188 g/mol. The van der Waals surface area contributed by atoms with Crippen LogP contribution in [0.2, 0.25) is 0 Å². The van der Waals surface area contributed by atoms with E-state index in [2.05, 4.69) is 19.9 Å². The fraction of sp³-hybridized carbons (Fsp3) is 0.846. The number of hydrogen-bond donors (Lipinski definition) is 0. The Kier molecular flexibility index (Phi) is 5.34. The molecule has 0 fully saturated rings. The zero-order valence-electron chi connectivity index (χ0n) is 10.3. The first kappa shape index (κ1) is 12.7. The highest BCUT2D eigenvalue weighted by molar-refractivity contribution is 5.18. The molecule has 0 N–H and O–H groups in total. The zero-order chi connectivity index (χ0) is 11.1. The molecule has 1 atom stereocenters. The van der Waals surface area contributed by atoms with E-state index < -0.39 is 0 Å². The van der Waals surface area contributed by atoms with Crippen LogP contribution in [0.15, 0.2) is 11.6 Å². The van der Waals surface area contributed by atoms with E-state index in [1.54, 1.807) is 7.11 Å². The minimum Gasteiger partial charge on any atom is -0.349 e. The van der Waals surface area contributed by atoms with Gasteiger partial charge in [0, 0.05) is 13.5 Å². The molecule has 1 rings (SSSR count). The van der Waals surface area contributed by atoms with Crippen molar-refractivity contribution in [3.63, 3.8) is 0 Å². The molecule has 0 saturated heterocycles. The van der Waals surface area contributed by atoms with Crippen LogP contribution in [0.25, 0.3) is 0 Å². The van der Waals surface area contributed by atoms with Crippen molar-refractivity contribution < 1.29 is 9.47 Å². The topological polar surface area (TPSA) is 18.5 Å². The third-order valence-electron chi connectivity index (χ3n) is 3.15. The van der Waals surface area contributed by atoms with E-state index in [0.29, 0.717) is 0 Å². The average molecular weight is 212 g/mol. The Balaban J connectivity index is 2.43. The van der Waals surface area contributed by atoms with E-state index in [0.717, 1.165) is 32.3 Å². The van der Waals surface area contributed by atoms with E-state index in [9.17, 15) is 0 Å². The van der Waals surface area contributed by atoms with Crippen molar-refractivity contribution in [1.29, 1.82) is 0 Å². The second-order valence-corrected chi connectivity index (χ2v) is 4.13. The fourth-order valence-electron chi connectivity index (χ4n) is 2.21. The summed E-state index contributed by atoms with van der Waals surface area (Å²) in [6, 6.07) is 0. The average Bonchev–Trinajstić information content (AvgIpc) is 2.68. The van der Waals surface area contributed by atoms with Crippen LogP contribution in [-0.2, 0) is 9.47 Å². The molecule has 0 heterocycles. The fourth-order valence-corrected chi connectivity index (χ4v) is 2.21. The lowest BCUT2D eigenvalue weighted by Gasteiger charge is -2.31. The number of methoxy groups -OCH3 is 1. The lowest BCUT2D eigenvalue weighted by molar-refractivity contribution is -0.196. The number of rotatable bonds is 7. The summed E-state index contributed by atoms with van der Waals surface area (Å²) in [5.41, 5.74) is 1.32. The van der Waals surface area contributed by atoms with Gasteiger partial charge < -0.3 is 9.47 Å². The molecule has 0 saturated carbocycles. The van der Waals surface area contributed by atoms with Crippen LogP contribution < -0.4 is 0 Å². The number of allylic oxidation sites excluding steroid dienone is 1. The van der Waals surface area contributed by atoms with Gasteiger partial charge in [-0.2, -0.15) is 0 Å². The molecule has 0 radical (unpaired) electrons. The van der Waals surface area contributed by atoms with E-state index in [1.807, 2.05) is 0 Å². The number of ether oxygens (including phenoxy) is 2. The van der Waals surface area contributed by atoms with Crippen LogP contribution in [0, 0.1) is 0 Å². The molecule has 0 bridgehead atoms. The maximum atomic E-state index is 5.95. The Bertz CT molecular complexity index is 211. The highest BCUT2D eigenvalue weighted by Gasteiger charge is 2.37. The minimum absolute atomic E-state index is 0.386. The molecule has 1 aliphatic carbocycles. The van der Waals surface area contributed by atoms with Crippen molar-refractivity contribution in [2.45, 2.75) is 58.2 Å². The van der Waals surface area contributed by atoms with Crippen LogP contribution in [0.3, 0.4) is 0 Å². The van der Waals surface area contributed by atoms with E-state index in [1.165, 1.54) is 18.4 Å². The Morgan fingerprint density at radius 3 is 2.73 bits per heavy atom. The number of hydrogen-bond acceptors (Lipinski definition) is 2. The summed E-state index contributed by atoms with van der Waals surface area (Å²) in [6.07, 6.45) is 8.98. The van der Waals surface area contributed by atoms with Gasteiger partial charge in [-0.3, -0.25) is 0 Å². The first-order valence-corrected chi connectivity index (χ1v) is 6.17. The Hall–Kier alpha value is -0.340. The summed E-state index contributed by atoms with van der Waals surface area (Å²) in [5, 5.41) is 0. The second-order valence-electron chi connectivity index (χ2n) is 4.13. The van der Waals surface area contributed by atoms with Gasteiger partial charge in [-0.25, -0.2) is 0 Å². The summed E-state index contributed by atoms with van der Waals surface area (Å²) in [6.45, 7) is 5.19. The van der Waals surface area contributed by atoms with Crippen molar-refractivity contribution in [2.75, 3.05) is 13.7 Å². The lowest BCUT2D eigenvalue weighted by Crippen LogP contribution is -2.34. The van der Waals surface area contributed by atoms with Crippen molar-refractivity contribution in [2.24, 2.45) is 0 Å². The summed E-state index contributed by atoms with van der Waals surface area (Å²) in [5.74, 6) is -0.386. The van der Waals surface area contributed by atoms with Crippen LogP contribution in [0.5, 0.6) is 0 Å². The SMILES string of the molecule is CCCCCOC1(OC)CCC=C1CC. The van der Waals surface area contributed by atoms with Crippen LogP contribution in [-0.4, -0.2) is 19.5 Å². The highest BCUT2D eigenvalue weighted by Crippen LogP contribution is 2.36. The molecule has 0 aromatic rings. The molecule has 15 heavy (non-hydrogen) atoms. The summed E-state index contributed by atoms with van der Waals surface area (Å²) in [7, 11) is 1.76. The van der Waals surface area contributed by atoms with Gasteiger partial charge in [-0.1, -0.05) is 32.8 Å². The maximum absolute atomic E-state index is 5.95. The van der Waals surface area contributed by atoms with E-state index in [-0.39, 0.29) is 5.79 Å². The Morgan fingerprint density at radius 1 is 1.33 bits per heavy atom. The summed E-state index contributed by atoms with van der Waals surface area (Å²) in [4.78, 5) is 0. The molecular formula is C13H24O2. The summed E-state index contributed by atoms with van der Waals surface area (Å²) >= 11 is 0. The third kappa shape index (κ3) is 3.05. The lowest BCUT2D eigenvalue weighted by atomic mass is 10.1. The third-order valence-corrected chi connectivity index (χ3v) is 3.15. The quantitative estimate of drug-likeness (QED) is 0.364. The van der Waals surface area contributed by atoms with Gasteiger partial charge >= 0.3 is 0 Å². The largest absolute Gasteiger partial charge is 0.349 e. The smallest absolute Gasteiger partial charge is 0.190 e. The molecule has 0 aliphatic heterocycles. The standard InChI is InChI=1S/C13H24O2/c1-4-6-7-11-15-13(14-3)10-8-9-12(13)5-2/h9H,4-8,10-11H2,1-3H3. The molecule has 2 heteroatoms. The molecule has 0 aromatic heterocycles. The van der Waals surface area contributed by atoms with Crippen LogP contribution in [0.1, 0.15) is 52.4 Å². The predicted molar refractivity (Wildman–Crippen MR) is 62.8 cm³/mol. The van der Waals surface area contributed by atoms with Crippen molar-refractivity contribution in [1.82, 2.24) is 0 Å². The first-order chi connectivity index (χ1) is 7.29. The predicted octanol–water partition coefficient (Wildman–Crippen LogP) is 3.67. The van der Waals surface area contributed by atoms with Crippen molar-refractivity contribution in [3.8, 4) is 0 Å². The monoisotopic (exact) mass is 212 g/mol. The van der Waals surface area contributed by atoms with E-state index in [4.69, 9.17) is 9.47 Å². The van der Waals surface area contributed by atoms with Crippen molar-refractivity contribution in [3.05, 3.63) is 11.6 Å². The molecule has 0 aromatic carbocycles. The van der Waals surface area contributed by atoms with Gasteiger partial charge in [-0.15, -0.1) is 0 Å². The maximum Gasteiger partial charge on any atom is 0.190 e. The number of unbranched alkanes of at least 4 members (excludes halogenated alkanes) is 2. The van der Waals surface area contributed by atoms with Crippen LogP contribution >= 0.6 is 0 Å². The van der Waals surface area contributed by atoms with E-state index >= 15 is 0 Å². The van der Waals surface area contributed by atoms with Gasteiger partial charge in [0.15, 0.2) is 5.79 Å². The zero-order valence-corrected chi connectivity index (χ0v) is 10.3. The second kappa shape index (κ2) is 6.29. The Labute approximate surface area is 93.7 Å². The molecule has 0 amide bonds. The van der Waals surface area contributed by atoms with Crippen LogP contribution in [0.4, 0.5) is 0 Å². The molecule has 88 valence electrons. The normalized spacial score (nSPS) is 25.7. The Morgan fingerprint density at radius 2 is 2.13 bits per heavy atom. The molecule has 2 nitrogen and oxygen atoms in total. The van der Waals surface area contributed by atoms with Gasteiger partial charge in [0.25, 0.3) is 0 Å². The molecule has 1 unspecified atom stereocenters. The van der Waals surface area contributed by atoms with Gasteiger partial charge in [0.2, 0.25) is 0 Å². The molecule has 1 aliphatic rings. The van der Waals surface area contributed by atoms with Crippen molar-refractivity contribution >= 4 is 0 Å². The minimum atomic E-state index is -0.386. The van der Waals surface area contributed by atoms with Gasteiger partial charge in [0.05, 0.1) is 6.61 Å². The van der Waals surface area contributed by atoms with Gasteiger partial charge in [-0.05, 0) is 24.8 Å². The van der Waals surface area contributed by atoms with Gasteiger partial charge in [0.1, 0.15) is 0 Å².